The maximum atomic E-state index is 9.76. The van der Waals surface area contributed by atoms with Gasteiger partial charge in [-0.2, -0.15) is 5.26 Å². The number of nitrogens with one attached hydrogen (secondary N) is 1. The molecule has 0 aliphatic heterocycles. The van der Waals surface area contributed by atoms with E-state index in [9.17, 15) is 5.26 Å². The second-order valence-corrected chi connectivity index (χ2v) is 7.74. The number of benzene rings is 2. The number of hydrogen-bond acceptors (Lipinski definition) is 2. The van der Waals surface area contributed by atoms with Crippen LogP contribution in [0.2, 0.25) is 0 Å². The summed E-state index contributed by atoms with van der Waals surface area (Å²) in [4.78, 5) is 7.86. The Morgan fingerprint density at radius 1 is 1.14 bits per heavy atom. The van der Waals surface area contributed by atoms with E-state index in [1.165, 1.54) is 0 Å². The number of hydrogen-bond donors (Lipinski definition) is 1. The van der Waals surface area contributed by atoms with Gasteiger partial charge in [0.05, 0.1) is 22.3 Å². The van der Waals surface area contributed by atoms with Crippen molar-refractivity contribution in [3.05, 3.63) is 81.3 Å². The third kappa shape index (κ3) is 3.17. The summed E-state index contributed by atoms with van der Waals surface area (Å²) >= 11 is 3.63. The molecule has 0 fully saturated rings. The molecule has 0 atom stereocenters. The minimum atomic E-state index is 0.515. The minimum absolute atomic E-state index is 0.515. The highest BCUT2D eigenvalue weighted by Crippen LogP contribution is 2.29. The summed E-state index contributed by atoms with van der Waals surface area (Å²) in [7, 11) is 0. The monoisotopic (exact) mass is 430 g/mol. The van der Waals surface area contributed by atoms with Crippen molar-refractivity contribution in [2.45, 2.75) is 20.8 Å². The van der Waals surface area contributed by atoms with Gasteiger partial charge in [-0.15, -0.1) is 0 Å². The topological polar surface area (TPSA) is 57.4 Å². The third-order valence-corrected chi connectivity index (χ3v) is 5.55. The maximum Gasteiger partial charge on any atom is 0.149 e. The number of fused-ring (bicyclic) bond motifs is 1. The van der Waals surface area contributed by atoms with Gasteiger partial charge in [0.1, 0.15) is 11.9 Å². The standard InChI is InChI=1S/C23H19BrN4/c1-14-8-9-20-21(10-14)27-23(26-20)18(13-25)12-17-11-15(2)28(16(17)3)22-7-5-4-6-19(22)24/h4-12H,1-3H3,(H,26,27). The zero-order chi connectivity index (χ0) is 19.8. The number of aryl methyl sites for hydroxylation is 2. The predicted molar refractivity (Wildman–Crippen MR) is 117 cm³/mol. The summed E-state index contributed by atoms with van der Waals surface area (Å²) in [6.45, 7) is 6.17. The first kappa shape index (κ1) is 18.3. The smallest absolute Gasteiger partial charge is 0.149 e. The molecule has 2 aromatic carbocycles. The number of halogens is 1. The molecule has 2 aromatic heterocycles. The normalized spacial score (nSPS) is 11.8. The molecule has 2 heterocycles. The molecule has 0 amide bonds. The van der Waals surface area contributed by atoms with Gasteiger partial charge in [0.25, 0.3) is 0 Å². The van der Waals surface area contributed by atoms with E-state index in [4.69, 9.17) is 0 Å². The van der Waals surface area contributed by atoms with Crippen molar-refractivity contribution in [2.24, 2.45) is 0 Å². The highest BCUT2D eigenvalue weighted by Gasteiger charge is 2.14. The van der Waals surface area contributed by atoms with E-state index in [2.05, 4.69) is 62.5 Å². The summed E-state index contributed by atoms with van der Waals surface area (Å²) in [5.41, 5.74) is 7.73. The van der Waals surface area contributed by atoms with Gasteiger partial charge in [0, 0.05) is 15.9 Å². The Kier molecular flexibility index (Phi) is 4.66. The van der Waals surface area contributed by atoms with Crippen LogP contribution in [-0.4, -0.2) is 14.5 Å². The number of aromatic nitrogens is 3. The molecule has 0 bridgehead atoms. The fraction of sp³-hybridized carbons (Fsp3) is 0.130. The average molecular weight is 431 g/mol. The molecule has 1 N–H and O–H groups in total. The third-order valence-electron chi connectivity index (χ3n) is 4.88. The van der Waals surface area contributed by atoms with Crippen molar-refractivity contribution >= 4 is 38.6 Å². The van der Waals surface area contributed by atoms with Gasteiger partial charge in [-0.1, -0.05) is 18.2 Å². The van der Waals surface area contributed by atoms with Gasteiger partial charge < -0.3 is 9.55 Å². The fourth-order valence-corrected chi connectivity index (χ4v) is 3.96. The predicted octanol–water partition coefficient (Wildman–Crippen LogP) is 6.11. The number of rotatable bonds is 3. The zero-order valence-electron chi connectivity index (χ0n) is 15.9. The second-order valence-electron chi connectivity index (χ2n) is 6.89. The van der Waals surface area contributed by atoms with Crippen molar-refractivity contribution in [2.75, 3.05) is 0 Å². The van der Waals surface area contributed by atoms with Crippen LogP contribution in [-0.2, 0) is 0 Å². The van der Waals surface area contributed by atoms with Gasteiger partial charge >= 0.3 is 0 Å². The van der Waals surface area contributed by atoms with Gasteiger partial charge in [0.15, 0.2) is 0 Å². The van der Waals surface area contributed by atoms with E-state index in [-0.39, 0.29) is 0 Å². The zero-order valence-corrected chi connectivity index (χ0v) is 17.5. The lowest BCUT2D eigenvalue weighted by Gasteiger charge is -2.11. The Bertz CT molecular complexity index is 1270. The molecule has 0 radical (unpaired) electrons. The van der Waals surface area contributed by atoms with Crippen molar-refractivity contribution < 1.29 is 0 Å². The van der Waals surface area contributed by atoms with E-state index >= 15 is 0 Å². The SMILES string of the molecule is Cc1ccc2nc(C(C#N)=Cc3cc(C)n(-c4ccccc4Br)c3C)[nH]c2c1. The molecule has 4 aromatic rings. The summed E-state index contributed by atoms with van der Waals surface area (Å²) in [5.74, 6) is 0.591. The number of aromatic amines is 1. The molecule has 28 heavy (non-hydrogen) atoms. The molecule has 138 valence electrons. The molecular weight excluding hydrogens is 412 g/mol. The van der Waals surface area contributed by atoms with Crippen molar-refractivity contribution in [1.82, 2.24) is 14.5 Å². The molecular formula is C23H19BrN4. The summed E-state index contributed by atoms with van der Waals surface area (Å²) in [5, 5.41) is 9.76. The van der Waals surface area contributed by atoms with Crippen LogP contribution >= 0.6 is 15.9 Å². The van der Waals surface area contributed by atoms with Crippen molar-refractivity contribution in [3.8, 4) is 11.8 Å². The first-order valence-electron chi connectivity index (χ1n) is 9.00. The number of nitriles is 1. The van der Waals surface area contributed by atoms with Gasteiger partial charge in [-0.3, -0.25) is 0 Å². The molecule has 0 aliphatic rings. The van der Waals surface area contributed by atoms with E-state index in [0.29, 0.717) is 11.4 Å². The van der Waals surface area contributed by atoms with Crippen LogP contribution in [0.4, 0.5) is 0 Å². The second kappa shape index (κ2) is 7.14. The highest BCUT2D eigenvalue weighted by atomic mass is 79.9. The Morgan fingerprint density at radius 3 is 2.68 bits per heavy atom. The Balaban J connectivity index is 1.82. The Labute approximate surface area is 172 Å². The fourth-order valence-electron chi connectivity index (χ4n) is 3.50. The molecule has 4 nitrogen and oxygen atoms in total. The van der Waals surface area contributed by atoms with Crippen LogP contribution in [0.3, 0.4) is 0 Å². The minimum Gasteiger partial charge on any atom is -0.337 e. The molecule has 0 spiro atoms. The lowest BCUT2D eigenvalue weighted by molar-refractivity contribution is 0.959. The summed E-state index contributed by atoms with van der Waals surface area (Å²) in [6, 6.07) is 18.5. The van der Waals surface area contributed by atoms with Gasteiger partial charge in [-0.05, 0) is 84.2 Å². The molecule has 0 saturated carbocycles. The van der Waals surface area contributed by atoms with Crippen LogP contribution in [0.15, 0.2) is 53.0 Å². The number of para-hydroxylation sites is 1. The summed E-state index contributed by atoms with van der Waals surface area (Å²) < 4.78 is 3.22. The molecule has 0 aliphatic carbocycles. The Morgan fingerprint density at radius 2 is 1.93 bits per heavy atom. The van der Waals surface area contributed by atoms with Gasteiger partial charge in [-0.25, -0.2) is 4.98 Å². The summed E-state index contributed by atoms with van der Waals surface area (Å²) in [6.07, 6.45) is 1.90. The van der Waals surface area contributed by atoms with E-state index in [1.54, 1.807) is 0 Å². The Hall–Kier alpha value is -3.10. The first-order chi connectivity index (χ1) is 13.5. The largest absolute Gasteiger partial charge is 0.337 e. The number of allylic oxidation sites excluding steroid dienone is 1. The van der Waals surface area contributed by atoms with Crippen LogP contribution in [0.5, 0.6) is 0 Å². The molecule has 0 unspecified atom stereocenters. The van der Waals surface area contributed by atoms with Crippen LogP contribution in [0, 0.1) is 32.1 Å². The van der Waals surface area contributed by atoms with Crippen molar-refractivity contribution in [1.29, 1.82) is 5.26 Å². The maximum absolute atomic E-state index is 9.76. The first-order valence-corrected chi connectivity index (χ1v) is 9.79. The van der Waals surface area contributed by atoms with Gasteiger partial charge in [0.2, 0.25) is 0 Å². The molecule has 4 rings (SSSR count). The molecule has 0 saturated heterocycles. The van der Waals surface area contributed by atoms with E-state index in [0.717, 1.165) is 43.7 Å². The number of H-pyrrole nitrogens is 1. The highest BCUT2D eigenvalue weighted by molar-refractivity contribution is 9.10. The van der Waals surface area contributed by atoms with Crippen LogP contribution in [0.1, 0.15) is 28.3 Å². The quantitative estimate of drug-likeness (QED) is 0.398. The van der Waals surface area contributed by atoms with E-state index < -0.39 is 0 Å². The lowest BCUT2D eigenvalue weighted by Crippen LogP contribution is -1.99. The van der Waals surface area contributed by atoms with Crippen LogP contribution < -0.4 is 0 Å². The van der Waals surface area contributed by atoms with Crippen LogP contribution in [0.25, 0.3) is 28.4 Å². The van der Waals surface area contributed by atoms with E-state index in [1.807, 2.05) is 49.4 Å². The molecule has 5 heteroatoms. The lowest BCUT2D eigenvalue weighted by atomic mass is 10.1. The number of nitrogens with zero attached hydrogens (tertiary/aromatic N) is 3. The van der Waals surface area contributed by atoms with Crippen molar-refractivity contribution in [3.63, 3.8) is 0 Å². The number of imidazole rings is 1. The average Bonchev–Trinajstić information content (AvgIpc) is 3.20.